The smallest absolute Gasteiger partial charge is 0.181 e. The summed E-state index contributed by atoms with van der Waals surface area (Å²) in [4.78, 5) is 4.57. The fourth-order valence-electron chi connectivity index (χ4n) is 1.62. The fourth-order valence-corrected chi connectivity index (χ4v) is 1.62. The summed E-state index contributed by atoms with van der Waals surface area (Å²) in [6.45, 7) is 7.14. The maximum absolute atomic E-state index is 4.57. The molecule has 0 aliphatic carbocycles. The lowest BCUT2D eigenvalue weighted by atomic mass is 10.1. The predicted octanol–water partition coefficient (Wildman–Crippen LogP) is 2.37. The van der Waals surface area contributed by atoms with Crippen LogP contribution >= 0.6 is 0 Å². The molecular weight excluding hydrogens is 224 g/mol. The first-order chi connectivity index (χ1) is 8.46. The molecule has 0 spiro atoms. The Hall–Kier alpha value is -1.68. The standard InChI is InChI=1S/C14H20N4/c1-14(2,3)15-10-12-16-13(17-18(12)4)11-8-6-5-7-9-11/h5-9,15H,10H2,1-4H3. The topological polar surface area (TPSA) is 42.7 Å². The Labute approximate surface area is 108 Å². The Bertz CT molecular complexity index is 508. The molecule has 0 saturated heterocycles. The van der Waals surface area contributed by atoms with E-state index in [0.29, 0.717) is 0 Å². The van der Waals surface area contributed by atoms with Crippen molar-refractivity contribution in [2.24, 2.45) is 7.05 Å². The average molecular weight is 244 g/mol. The zero-order valence-corrected chi connectivity index (χ0v) is 11.4. The van der Waals surface area contributed by atoms with E-state index in [1.54, 1.807) is 0 Å². The molecule has 0 aliphatic heterocycles. The van der Waals surface area contributed by atoms with E-state index in [1.807, 2.05) is 42.1 Å². The van der Waals surface area contributed by atoms with Gasteiger partial charge in [0.2, 0.25) is 0 Å². The maximum atomic E-state index is 4.57. The highest BCUT2D eigenvalue weighted by Gasteiger charge is 2.13. The van der Waals surface area contributed by atoms with Crippen molar-refractivity contribution in [2.75, 3.05) is 0 Å². The van der Waals surface area contributed by atoms with Crippen LogP contribution in [0.5, 0.6) is 0 Å². The molecule has 0 radical (unpaired) electrons. The molecule has 4 heteroatoms. The van der Waals surface area contributed by atoms with Crippen LogP contribution < -0.4 is 5.32 Å². The van der Waals surface area contributed by atoms with E-state index in [-0.39, 0.29) is 5.54 Å². The summed E-state index contributed by atoms with van der Waals surface area (Å²) in [5.74, 6) is 1.73. The zero-order chi connectivity index (χ0) is 13.2. The number of nitrogens with one attached hydrogen (secondary N) is 1. The van der Waals surface area contributed by atoms with Gasteiger partial charge in [-0.1, -0.05) is 30.3 Å². The highest BCUT2D eigenvalue weighted by molar-refractivity contribution is 5.53. The molecule has 2 aromatic rings. The van der Waals surface area contributed by atoms with Crippen molar-refractivity contribution >= 4 is 0 Å². The first-order valence-electron chi connectivity index (χ1n) is 6.16. The number of aromatic nitrogens is 3. The van der Waals surface area contributed by atoms with Gasteiger partial charge in [-0.25, -0.2) is 4.98 Å². The van der Waals surface area contributed by atoms with Gasteiger partial charge in [-0.2, -0.15) is 5.10 Å². The van der Waals surface area contributed by atoms with E-state index in [9.17, 15) is 0 Å². The number of benzene rings is 1. The Balaban J connectivity index is 2.17. The largest absolute Gasteiger partial charge is 0.305 e. The Morgan fingerprint density at radius 3 is 2.44 bits per heavy atom. The van der Waals surface area contributed by atoms with Crippen LogP contribution in [0.2, 0.25) is 0 Å². The summed E-state index contributed by atoms with van der Waals surface area (Å²) in [6, 6.07) is 10.0. The van der Waals surface area contributed by atoms with E-state index in [4.69, 9.17) is 0 Å². The number of hydrogen-bond acceptors (Lipinski definition) is 3. The molecule has 1 aromatic carbocycles. The summed E-state index contributed by atoms with van der Waals surface area (Å²) in [5.41, 5.74) is 1.13. The Morgan fingerprint density at radius 2 is 1.83 bits per heavy atom. The van der Waals surface area contributed by atoms with Gasteiger partial charge in [0, 0.05) is 18.2 Å². The van der Waals surface area contributed by atoms with E-state index in [2.05, 4.69) is 36.2 Å². The minimum Gasteiger partial charge on any atom is -0.305 e. The molecule has 0 aliphatic rings. The summed E-state index contributed by atoms with van der Waals surface area (Å²) in [7, 11) is 1.93. The third-order valence-electron chi connectivity index (χ3n) is 2.66. The second kappa shape index (κ2) is 4.90. The third kappa shape index (κ3) is 3.17. The third-order valence-corrected chi connectivity index (χ3v) is 2.66. The first-order valence-corrected chi connectivity index (χ1v) is 6.16. The van der Waals surface area contributed by atoms with E-state index in [1.165, 1.54) is 0 Å². The molecule has 0 atom stereocenters. The van der Waals surface area contributed by atoms with Gasteiger partial charge in [0.15, 0.2) is 5.82 Å². The van der Waals surface area contributed by atoms with Crippen LogP contribution in [0.4, 0.5) is 0 Å². The Kier molecular flexibility index (Phi) is 3.48. The molecule has 18 heavy (non-hydrogen) atoms. The second-order valence-electron chi connectivity index (χ2n) is 5.44. The lowest BCUT2D eigenvalue weighted by Crippen LogP contribution is -2.35. The van der Waals surface area contributed by atoms with Crippen molar-refractivity contribution in [1.82, 2.24) is 20.1 Å². The van der Waals surface area contributed by atoms with Gasteiger partial charge in [0.25, 0.3) is 0 Å². The monoisotopic (exact) mass is 244 g/mol. The van der Waals surface area contributed by atoms with E-state index >= 15 is 0 Å². The highest BCUT2D eigenvalue weighted by atomic mass is 15.3. The first kappa shape index (κ1) is 12.8. The predicted molar refractivity (Wildman–Crippen MR) is 73.0 cm³/mol. The Morgan fingerprint density at radius 1 is 1.17 bits per heavy atom. The van der Waals surface area contributed by atoms with Crippen molar-refractivity contribution < 1.29 is 0 Å². The molecule has 0 bridgehead atoms. The summed E-state index contributed by atoms with van der Waals surface area (Å²) >= 11 is 0. The molecule has 0 fully saturated rings. The van der Waals surface area contributed by atoms with Gasteiger partial charge < -0.3 is 5.32 Å². The summed E-state index contributed by atoms with van der Waals surface area (Å²) in [5, 5.41) is 7.87. The van der Waals surface area contributed by atoms with Crippen LogP contribution in [0.3, 0.4) is 0 Å². The van der Waals surface area contributed by atoms with Gasteiger partial charge >= 0.3 is 0 Å². The van der Waals surface area contributed by atoms with Crippen molar-refractivity contribution in [3.05, 3.63) is 36.2 Å². The molecule has 0 unspecified atom stereocenters. The molecule has 2 rings (SSSR count). The minimum absolute atomic E-state index is 0.0822. The van der Waals surface area contributed by atoms with Gasteiger partial charge in [-0.05, 0) is 20.8 Å². The highest BCUT2D eigenvalue weighted by Crippen LogP contribution is 2.14. The van der Waals surface area contributed by atoms with Crippen molar-refractivity contribution in [3.8, 4) is 11.4 Å². The SMILES string of the molecule is Cn1nc(-c2ccccc2)nc1CNC(C)(C)C. The second-order valence-corrected chi connectivity index (χ2v) is 5.44. The maximum Gasteiger partial charge on any atom is 0.181 e. The van der Waals surface area contributed by atoms with Crippen LogP contribution in [0.1, 0.15) is 26.6 Å². The van der Waals surface area contributed by atoms with Crippen LogP contribution in [-0.2, 0) is 13.6 Å². The molecule has 1 N–H and O–H groups in total. The summed E-state index contributed by atoms with van der Waals surface area (Å²) in [6.07, 6.45) is 0. The number of rotatable bonds is 3. The van der Waals surface area contributed by atoms with E-state index < -0.39 is 0 Å². The van der Waals surface area contributed by atoms with Crippen LogP contribution in [0.25, 0.3) is 11.4 Å². The lowest BCUT2D eigenvalue weighted by molar-refractivity contribution is 0.412. The van der Waals surface area contributed by atoms with Crippen LogP contribution in [0, 0.1) is 0 Å². The van der Waals surface area contributed by atoms with Crippen molar-refractivity contribution in [2.45, 2.75) is 32.9 Å². The zero-order valence-electron chi connectivity index (χ0n) is 11.4. The van der Waals surface area contributed by atoms with E-state index in [0.717, 1.165) is 23.8 Å². The van der Waals surface area contributed by atoms with Gasteiger partial charge in [0.1, 0.15) is 5.82 Å². The van der Waals surface area contributed by atoms with Crippen LogP contribution in [0.15, 0.2) is 30.3 Å². The summed E-state index contributed by atoms with van der Waals surface area (Å²) < 4.78 is 1.83. The van der Waals surface area contributed by atoms with Crippen molar-refractivity contribution in [3.63, 3.8) is 0 Å². The fraction of sp³-hybridized carbons (Fsp3) is 0.429. The molecule has 0 saturated carbocycles. The van der Waals surface area contributed by atoms with Gasteiger partial charge in [-0.3, -0.25) is 4.68 Å². The molecule has 1 heterocycles. The van der Waals surface area contributed by atoms with Gasteiger partial charge in [-0.15, -0.1) is 0 Å². The lowest BCUT2D eigenvalue weighted by Gasteiger charge is -2.19. The molecule has 96 valence electrons. The van der Waals surface area contributed by atoms with Crippen molar-refractivity contribution in [1.29, 1.82) is 0 Å². The average Bonchev–Trinajstić information content (AvgIpc) is 2.68. The quantitative estimate of drug-likeness (QED) is 0.901. The van der Waals surface area contributed by atoms with Crippen LogP contribution in [-0.4, -0.2) is 20.3 Å². The van der Waals surface area contributed by atoms with Gasteiger partial charge in [0.05, 0.1) is 6.54 Å². The minimum atomic E-state index is 0.0822. The molecule has 1 aromatic heterocycles. The normalized spacial score (nSPS) is 11.8. The molecule has 0 amide bonds. The number of hydrogen-bond donors (Lipinski definition) is 1. The number of aryl methyl sites for hydroxylation is 1. The molecule has 4 nitrogen and oxygen atoms in total. The number of nitrogens with zero attached hydrogens (tertiary/aromatic N) is 3. The molecular formula is C14H20N4.